The standard InChI is InChI=1S/C29H27N3O2S/c1-2-21-8-12-24(13-9-21)31-19-32-28(33)16-26(27(17-30)29(32)35-20-31)23-10-14-25(15-11-23)34-18-22-6-4-3-5-7-22/h3-15,26H,2,16,18-20H2,1H3. The van der Waals surface area contributed by atoms with Crippen LogP contribution in [-0.2, 0) is 17.8 Å². The van der Waals surface area contributed by atoms with E-state index in [1.165, 1.54) is 5.56 Å². The molecule has 0 aliphatic carbocycles. The van der Waals surface area contributed by atoms with Crippen molar-refractivity contribution in [3.05, 3.63) is 106 Å². The normalized spacial score (nSPS) is 17.7. The molecule has 0 radical (unpaired) electrons. The first kappa shape index (κ1) is 23.1. The molecule has 0 N–H and O–H groups in total. The molecule has 5 nitrogen and oxygen atoms in total. The first-order chi connectivity index (χ1) is 17.2. The number of rotatable bonds is 6. The van der Waals surface area contributed by atoms with Crippen LogP contribution in [0.25, 0.3) is 0 Å². The van der Waals surface area contributed by atoms with Crippen LogP contribution in [0.5, 0.6) is 5.75 Å². The summed E-state index contributed by atoms with van der Waals surface area (Å²) in [6, 6.07) is 28.7. The van der Waals surface area contributed by atoms with Crippen molar-refractivity contribution >= 4 is 23.4 Å². The smallest absolute Gasteiger partial charge is 0.229 e. The summed E-state index contributed by atoms with van der Waals surface area (Å²) in [7, 11) is 0. The van der Waals surface area contributed by atoms with Gasteiger partial charge < -0.3 is 9.64 Å². The van der Waals surface area contributed by atoms with Gasteiger partial charge in [-0.1, -0.05) is 73.3 Å². The molecular weight excluding hydrogens is 454 g/mol. The molecule has 3 aromatic carbocycles. The summed E-state index contributed by atoms with van der Waals surface area (Å²) in [6.45, 7) is 3.11. The number of ether oxygens (including phenoxy) is 1. The molecule has 6 heteroatoms. The maximum Gasteiger partial charge on any atom is 0.229 e. The van der Waals surface area contributed by atoms with Gasteiger partial charge in [0, 0.05) is 18.0 Å². The molecule has 0 saturated carbocycles. The lowest BCUT2D eigenvalue weighted by atomic mass is 9.86. The molecule has 0 aromatic heterocycles. The van der Waals surface area contributed by atoms with Crippen LogP contribution in [0.2, 0.25) is 0 Å². The van der Waals surface area contributed by atoms with E-state index in [-0.39, 0.29) is 11.8 Å². The van der Waals surface area contributed by atoms with Gasteiger partial charge in [0.05, 0.1) is 29.2 Å². The van der Waals surface area contributed by atoms with Crippen molar-refractivity contribution < 1.29 is 9.53 Å². The van der Waals surface area contributed by atoms with Crippen molar-refractivity contribution in [3.63, 3.8) is 0 Å². The third kappa shape index (κ3) is 4.91. The first-order valence-electron chi connectivity index (χ1n) is 11.8. The van der Waals surface area contributed by atoms with E-state index in [1.807, 2.05) is 54.6 Å². The number of thioether (sulfide) groups is 1. The van der Waals surface area contributed by atoms with E-state index < -0.39 is 0 Å². The van der Waals surface area contributed by atoms with E-state index in [1.54, 1.807) is 16.7 Å². The summed E-state index contributed by atoms with van der Waals surface area (Å²) in [5, 5.41) is 10.8. The minimum atomic E-state index is -0.232. The SMILES string of the molecule is CCc1ccc(N2CSC3=C(C#N)C(c4ccc(OCc5ccccc5)cc4)CC(=O)N3C2)cc1. The zero-order valence-corrected chi connectivity index (χ0v) is 20.5. The largest absolute Gasteiger partial charge is 0.489 e. The van der Waals surface area contributed by atoms with Crippen molar-refractivity contribution in [2.24, 2.45) is 0 Å². The predicted molar refractivity (Wildman–Crippen MR) is 140 cm³/mol. The molecule has 1 atom stereocenters. The van der Waals surface area contributed by atoms with E-state index in [9.17, 15) is 10.1 Å². The molecular formula is C29H27N3O2S. The highest BCUT2D eigenvalue weighted by atomic mass is 32.2. The van der Waals surface area contributed by atoms with Crippen LogP contribution in [0.3, 0.4) is 0 Å². The molecule has 2 aliphatic heterocycles. The number of hydrogen-bond donors (Lipinski definition) is 0. The third-order valence-electron chi connectivity index (χ3n) is 6.53. The summed E-state index contributed by atoms with van der Waals surface area (Å²) < 4.78 is 5.90. The minimum Gasteiger partial charge on any atom is -0.489 e. The quantitative estimate of drug-likeness (QED) is 0.429. The van der Waals surface area contributed by atoms with Gasteiger partial charge in [0.15, 0.2) is 0 Å². The van der Waals surface area contributed by atoms with Gasteiger partial charge in [-0.05, 0) is 47.4 Å². The lowest BCUT2D eigenvalue weighted by molar-refractivity contribution is -0.129. The monoisotopic (exact) mass is 481 g/mol. The second-order valence-electron chi connectivity index (χ2n) is 8.73. The predicted octanol–water partition coefficient (Wildman–Crippen LogP) is 6.05. The number of benzene rings is 3. The molecule has 176 valence electrons. The average Bonchev–Trinajstić information content (AvgIpc) is 2.92. The lowest BCUT2D eigenvalue weighted by Crippen LogP contribution is -2.47. The average molecular weight is 482 g/mol. The fourth-order valence-electron chi connectivity index (χ4n) is 4.49. The molecule has 1 saturated heterocycles. The Balaban J connectivity index is 1.32. The second-order valence-corrected chi connectivity index (χ2v) is 9.66. The van der Waals surface area contributed by atoms with Crippen molar-refractivity contribution in [2.75, 3.05) is 17.4 Å². The Morgan fingerprint density at radius 1 is 1.00 bits per heavy atom. The van der Waals surface area contributed by atoms with Crippen molar-refractivity contribution in [2.45, 2.75) is 32.3 Å². The van der Waals surface area contributed by atoms with E-state index >= 15 is 0 Å². The Kier molecular flexibility index (Phi) is 6.78. The van der Waals surface area contributed by atoms with Gasteiger partial charge in [-0.15, -0.1) is 0 Å². The number of nitriles is 1. The van der Waals surface area contributed by atoms with Gasteiger partial charge in [0.1, 0.15) is 12.4 Å². The highest BCUT2D eigenvalue weighted by Crippen LogP contribution is 2.43. The Labute approximate surface area is 210 Å². The van der Waals surface area contributed by atoms with Crippen LogP contribution in [-0.4, -0.2) is 23.4 Å². The second kappa shape index (κ2) is 10.3. The maximum atomic E-state index is 13.2. The van der Waals surface area contributed by atoms with Crippen LogP contribution in [0.4, 0.5) is 5.69 Å². The van der Waals surface area contributed by atoms with Gasteiger partial charge in [-0.2, -0.15) is 5.26 Å². The van der Waals surface area contributed by atoms with Gasteiger partial charge in [0.2, 0.25) is 5.91 Å². The highest BCUT2D eigenvalue weighted by molar-refractivity contribution is 8.03. The van der Waals surface area contributed by atoms with Crippen LogP contribution >= 0.6 is 11.8 Å². The number of carbonyl (C=O) groups is 1. The lowest BCUT2D eigenvalue weighted by Gasteiger charge is -2.42. The Hall–Kier alpha value is -3.69. The molecule has 0 spiro atoms. The van der Waals surface area contributed by atoms with E-state index in [0.29, 0.717) is 31.1 Å². The van der Waals surface area contributed by atoms with Crippen molar-refractivity contribution in [3.8, 4) is 11.8 Å². The van der Waals surface area contributed by atoms with Crippen LogP contribution < -0.4 is 9.64 Å². The van der Waals surface area contributed by atoms with Gasteiger partial charge in [-0.3, -0.25) is 9.69 Å². The topological polar surface area (TPSA) is 56.6 Å². The van der Waals surface area contributed by atoms with E-state index in [0.717, 1.165) is 34.0 Å². The zero-order valence-electron chi connectivity index (χ0n) is 19.7. The summed E-state index contributed by atoms with van der Waals surface area (Å²) in [5.41, 5.74) is 5.13. The van der Waals surface area contributed by atoms with Crippen LogP contribution in [0, 0.1) is 11.3 Å². The maximum absolute atomic E-state index is 13.2. The van der Waals surface area contributed by atoms with Gasteiger partial charge >= 0.3 is 0 Å². The van der Waals surface area contributed by atoms with Gasteiger partial charge in [0.25, 0.3) is 0 Å². The molecule has 35 heavy (non-hydrogen) atoms. The summed E-state index contributed by atoms with van der Waals surface area (Å²) in [5.74, 6) is 1.29. The molecule has 5 rings (SSSR count). The Bertz CT molecular complexity index is 1260. The summed E-state index contributed by atoms with van der Waals surface area (Å²) in [6.07, 6.45) is 1.29. The molecule has 0 bridgehead atoms. The number of allylic oxidation sites excluding steroid dienone is 1. The van der Waals surface area contributed by atoms with Crippen LogP contribution in [0.1, 0.15) is 36.0 Å². The summed E-state index contributed by atoms with van der Waals surface area (Å²) in [4.78, 5) is 17.1. The number of carbonyl (C=O) groups excluding carboxylic acids is 1. The first-order valence-corrected chi connectivity index (χ1v) is 12.8. The molecule has 1 fully saturated rings. The number of fused-ring (bicyclic) bond motifs is 1. The fourth-order valence-corrected chi connectivity index (χ4v) is 5.66. The van der Waals surface area contributed by atoms with Crippen molar-refractivity contribution in [1.82, 2.24) is 4.90 Å². The van der Waals surface area contributed by atoms with E-state index in [2.05, 4.69) is 42.2 Å². The Morgan fingerprint density at radius 3 is 2.43 bits per heavy atom. The third-order valence-corrected chi connectivity index (χ3v) is 7.69. The molecule has 2 heterocycles. The highest BCUT2D eigenvalue weighted by Gasteiger charge is 2.38. The number of nitrogens with zero attached hydrogens (tertiary/aromatic N) is 3. The fraction of sp³-hybridized carbons (Fsp3) is 0.241. The molecule has 1 unspecified atom stereocenters. The Morgan fingerprint density at radius 2 is 1.74 bits per heavy atom. The number of aryl methyl sites for hydroxylation is 1. The number of hydrogen-bond acceptors (Lipinski definition) is 5. The van der Waals surface area contributed by atoms with Gasteiger partial charge in [-0.25, -0.2) is 0 Å². The zero-order chi connectivity index (χ0) is 24.2. The molecule has 1 amide bonds. The van der Waals surface area contributed by atoms with Crippen molar-refractivity contribution in [1.29, 1.82) is 5.26 Å². The molecule has 3 aromatic rings. The minimum absolute atomic E-state index is 0.0517. The summed E-state index contributed by atoms with van der Waals surface area (Å²) >= 11 is 1.57. The van der Waals surface area contributed by atoms with E-state index in [4.69, 9.17) is 4.74 Å². The van der Waals surface area contributed by atoms with Crippen LogP contribution in [0.15, 0.2) is 89.5 Å². The number of anilines is 1. The molecule has 2 aliphatic rings. The number of amides is 1.